The zero-order chi connectivity index (χ0) is 12.1. The lowest BCUT2D eigenvalue weighted by Gasteiger charge is -2.21. The zero-order valence-electron chi connectivity index (χ0n) is 10.2. The van der Waals surface area contributed by atoms with Crippen LogP contribution in [0.2, 0.25) is 0 Å². The number of nitrogens with one attached hydrogen (secondary N) is 1. The molecule has 0 bridgehead atoms. The maximum Gasteiger partial charge on any atom is 0.232 e. The third-order valence-corrected chi connectivity index (χ3v) is 5.30. The molecule has 1 N–H and O–H groups in total. The molecule has 2 rings (SSSR count). The molecule has 1 aliphatic heterocycles. The molecule has 0 spiro atoms. The molecule has 1 amide bonds. The molecule has 0 aromatic rings. The van der Waals surface area contributed by atoms with Gasteiger partial charge in [-0.2, -0.15) is 0 Å². The first-order valence-corrected chi connectivity index (χ1v) is 7.88. The van der Waals surface area contributed by atoms with E-state index < -0.39 is 10.8 Å². The number of rotatable bonds is 4. The van der Waals surface area contributed by atoms with Crippen molar-refractivity contribution in [2.45, 2.75) is 49.8 Å². The molecule has 1 atom stereocenters. The Morgan fingerprint density at radius 2 is 1.82 bits per heavy atom. The van der Waals surface area contributed by atoms with E-state index in [1.54, 1.807) is 0 Å². The predicted molar refractivity (Wildman–Crippen MR) is 67.2 cm³/mol. The quantitative estimate of drug-likeness (QED) is 0.818. The highest BCUT2D eigenvalue weighted by molar-refractivity contribution is 7.86. The van der Waals surface area contributed by atoms with Crippen molar-refractivity contribution in [3.8, 4) is 0 Å². The molecule has 2 aliphatic rings. The van der Waals surface area contributed by atoms with Crippen molar-refractivity contribution >= 4 is 16.7 Å². The van der Waals surface area contributed by atoms with Crippen molar-refractivity contribution in [2.75, 3.05) is 19.0 Å². The second kappa shape index (κ2) is 6.50. The fraction of sp³-hybridized carbons (Fsp3) is 0.917. The molecular weight excluding hydrogens is 238 g/mol. The van der Waals surface area contributed by atoms with Gasteiger partial charge in [-0.05, 0) is 25.7 Å². The van der Waals surface area contributed by atoms with Gasteiger partial charge < -0.3 is 10.1 Å². The first-order chi connectivity index (χ1) is 8.25. The topological polar surface area (TPSA) is 55.4 Å². The second-order valence-electron chi connectivity index (χ2n) is 4.89. The van der Waals surface area contributed by atoms with Crippen molar-refractivity contribution in [3.05, 3.63) is 0 Å². The number of carbonyl (C=O) groups excluding carboxylic acids is 1. The van der Waals surface area contributed by atoms with Gasteiger partial charge in [-0.1, -0.05) is 12.8 Å². The Bertz CT molecular complexity index is 283. The summed E-state index contributed by atoms with van der Waals surface area (Å²) in [5.74, 6) is 0.128. The maximum atomic E-state index is 12.0. The lowest BCUT2D eigenvalue weighted by molar-refractivity contribution is -0.119. The Labute approximate surface area is 105 Å². The molecule has 17 heavy (non-hydrogen) atoms. The summed E-state index contributed by atoms with van der Waals surface area (Å²) in [5.41, 5.74) is 0. The molecule has 0 aromatic heterocycles. The van der Waals surface area contributed by atoms with E-state index in [2.05, 4.69) is 5.32 Å². The molecule has 0 aromatic carbocycles. The lowest BCUT2D eigenvalue weighted by Crippen LogP contribution is -2.38. The third-order valence-electron chi connectivity index (χ3n) is 3.53. The van der Waals surface area contributed by atoms with Gasteiger partial charge in [-0.3, -0.25) is 9.00 Å². The van der Waals surface area contributed by atoms with Crippen LogP contribution in [0.15, 0.2) is 0 Å². The summed E-state index contributed by atoms with van der Waals surface area (Å²) in [6.07, 6.45) is 6.21. The molecule has 2 fully saturated rings. The average molecular weight is 259 g/mol. The first-order valence-electron chi connectivity index (χ1n) is 6.50. The van der Waals surface area contributed by atoms with E-state index in [1.165, 1.54) is 12.8 Å². The fourth-order valence-electron chi connectivity index (χ4n) is 2.53. The summed E-state index contributed by atoms with van der Waals surface area (Å²) >= 11 is 0. The van der Waals surface area contributed by atoms with E-state index in [1.807, 2.05) is 0 Å². The third kappa shape index (κ3) is 4.07. The molecule has 1 saturated heterocycles. The monoisotopic (exact) mass is 259 g/mol. The van der Waals surface area contributed by atoms with Gasteiger partial charge in [0.2, 0.25) is 5.91 Å². The van der Waals surface area contributed by atoms with Crippen LogP contribution in [-0.2, 0) is 20.3 Å². The van der Waals surface area contributed by atoms with Gasteiger partial charge in [0, 0.05) is 35.3 Å². The molecule has 98 valence electrons. The lowest BCUT2D eigenvalue weighted by atomic mass is 10.2. The van der Waals surface area contributed by atoms with Crippen LogP contribution in [0.5, 0.6) is 0 Å². The normalized spacial score (nSPS) is 24.7. The standard InChI is InChI=1S/C12H21NO3S/c14-12(13-10-3-1-2-4-10)9-17(15)11-5-7-16-8-6-11/h10-11H,1-9H2,(H,13,14). The van der Waals surface area contributed by atoms with E-state index in [9.17, 15) is 9.00 Å². The molecule has 1 saturated carbocycles. The minimum atomic E-state index is -1.03. The van der Waals surface area contributed by atoms with Gasteiger partial charge in [0.1, 0.15) is 5.75 Å². The van der Waals surface area contributed by atoms with Crippen LogP contribution in [0, 0.1) is 0 Å². The van der Waals surface area contributed by atoms with Crippen LogP contribution in [0.4, 0.5) is 0 Å². The largest absolute Gasteiger partial charge is 0.381 e. The highest BCUT2D eigenvalue weighted by atomic mass is 32.2. The van der Waals surface area contributed by atoms with Crippen LogP contribution in [-0.4, -0.2) is 40.4 Å². The molecule has 4 nitrogen and oxygen atoms in total. The average Bonchev–Trinajstić information content (AvgIpc) is 2.82. The van der Waals surface area contributed by atoms with Crippen molar-refractivity contribution in [1.82, 2.24) is 5.32 Å². The Morgan fingerprint density at radius 3 is 2.47 bits per heavy atom. The van der Waals surface area contributed by atoms with Crippen molar-refractivity contribution in [1.29, 1.82) is 0 Å². The highest BCUT2D eigenvalue weighted by Crippen LogP contribution is 2.18. The molecule has 1 heterocycles. The van der Waals surface area contributed by atoms with Crippen LogP contribution in [0.3, 0.4) is 0 Å². The van der Waals surface area contributed by atoms with Crippen LogP contribution in [0.1, 0.15) is 38.5 Å². The zero-order valence-corrected chi connectivity index (χ0v) is 11.0. The van der Waals surface area contributed by atoms with E-state index in [4.69, 9.17) is 4.74 Å². The Kier molecular flexibility index (Phi) is 4.98. The van der Waals surface area contributed by atoms with E-state index in [-0.39, 0.29) is 16.9 Å². The molecule has 0 radical (unpaired) electrons. The SMILES string of the molecule is O=C(CS(=O)C1CCOCC1)NC1CCCC1. The number of hydrogen-bond donors (Lipinski definition) is 1. The summed E-state index contributed by atoms with van der Waals surface area (Å²) in [7, 11) is -1.03. The van der Waals surface area contributed by atoms with Gasteiger partial charge in [-0.25, -0.2) is 0 Å². The summed E-state index contributed by atoms with van der Waals surface area (Å²) in [6, 6.07) is 0.328. The second-order valence-corrected chi connectivity index (χ2v) is 6.60. The van der Waals surface area contributed by atoms with Crippen molar-refractivity contribution < 1.29 is 13.7 Å². The first kappa shape index (κ1) is 13.0. The van der Waals surface area contributed by atoms with Crippen LogP contribution < -0.4 is 5.32 Å². The van der Waals surface area contributed by atoms with Gasteiger partial charge in [0.15, 0.2) is 0 Å². The van der Waals surface area contributed by atoms with Gasteiger partial charge in [-0.15, -0.1) is 0 Å². The molecule has 1 aliphatic carbocycles. The molecule has 5 heteroatoms. The Balaban J connectivity index is 1.71. The predicted octanol–water partition coefficient (Wildman–Crippen LogP) is 0.973. The van der Waals surface area contributed by atoms with Gasteiger partial charge in [0.25, 0.3) is 0 Å². The van der Waals surface area contributed by atoms with Gasteiger partial charge in [0.05, 0.1) is 0 Å². The Hall–Kier alpha value is -0.420. The van der Waals surface area contributed by atoms with E-state index in [0.717, 1.165) is 25.7 Å². The van der Waals surface area contributed by atoms with Gasteiger partial charge >= 0.3 is 0 Å². The molecular formula is C12H21NO3S. The maximum absolute atomic E-state index is 12.0. The molecule has 1 unspecified atom stereocenters. The van der Waals surface area contributed by atoms with E-state index >= 15 is 0 Å². The van der Waals surface area contributed by atoms with Crippen molar-refractivity contribution in [2.24, 2.45) is 0 Å². The fourth-order valence-corrected chi connectivity index (χ4v) is 3.82. The Morgan fingerprint density at radius 1 is 1.18 bits per heavy atom. The minimum absolute atomic E-state index is 0.0401. The number of ether oxygens (including phenoxy) is 1. The summed E-state index contributed by atoms with van der Waals surface area (Å²) in [6.45, 7) is 1.36. The van der Waals surface area contributed by atoms with Crippen LogP contribution >= 0.6 is 0 Å². The van der Waals surface area contributed by atoms with Crippen LogP contribution in [0.25, 0.3) is 0 Å². The minimum Gasteiger partial charge on any atom is -0.381 e. The smallest absolute Gasteiger partial charge is 0.232 e. The summed E-state index contributed by atoms with van der Waals surface area (Å²) in [5, 5.41) is 3.14. The number of amides is 1. The summed E-state index contributed by atoms with van der Waals surface area (Å²) < 4.78 is 17.2. The van der Waals surface area contributed by atoms with E-state index in [0.29, 0.717) is 19.3 Å². The number of hydrogen-bond acceptors (Lipinski definition) is 3. The van der Waals surface area contributed by atoms with Crippen molar-refractivity contribution in [3.63, 3.8) is 0 Å². The highest BCUT2D eigenvalue weighted by Gasteiger charge is 2.23. The number of carbonyl (C=O) groups is 1. The summed E-state index contributed by atoms with van der Waals surface area (Å²) in [4.78, 5) is 11.7.